The van der Waals surface area contributed by atoms with E-state index < -0.39 is 55.3 Å². The Morgan fingerprint density at radius 1 is 1.15 bits per heavy atom. The number of aliphatic hydroxyl groups excluding tert-OH is 1. The zero-order chi connectivity index (χ0) is 24.2. The largest absolute Gasteiger partial charge is 0.458 e. The topological polar surface area (TPSA) is 178 Å². The number of ether oxygens (including phenoxy) is 5. The average molecular weight is 466 g/mol. The number of hydrogen-bond acceptors (Lipinski definition) is 10. The van der Waals surface area contributed by atoms with Gasteiger partial charge in [-0.2, -0.15) is 0 Å². The van der Waals surface area contributed by atoms with Crippen molar-refractivity contribution in [3.05, 3.63) is 46.3 Å². The first-order valence-corrected chi connectivity index (χ1v) is 10.1. The van der Waals surface area contributed by atoms with Crippen LogP contribution in [-0.4, -0.2) is 73.5 Å². The maximum Gasteiger partial charge on any atom is 0.407 e. The summed E-state index contributed by atoms with van der Waals surface area (Å²) in [5, 5.41) is 15.7. The van der Waals surface area contributed by atoms with E-state index >= 15 is 0 Å². The van der Waals surface area contributed by atoms with E-state index in [1.165, 1.54) is 0 Å². The van der Waals surface area contributed by atoms with E-state index in [0.29, 0.717) is 0 Å². The lowest BCUT2D eigenvalue weighted by Gasteiger charge is -2.43. The highest BCUT2D eigenvalue weighted by Crippen LogP contribution is 2.29. The Bertz CT molecular complexity index is 847. The van der Waals surface area contributed by atoms with E-state index in [1.807, 2.05) is 30.3 Å². The zero-order valence-corrected chi connectivity index (χ0v) is 18.2. The Morgan fingerprint density at radius 2 is 1.82 bits per heavy atom. The Morgan fingerprint density at radius 3 is 2.42 bits per heavy atom. The van der Waals surface area contributed by atoms with Crippen LogP contribution in [0.3, 0.4) is 0 Å². The van der Waals surface area contributed by atoms with Crippen molar-refractivity contribution in [1.82, 2.24) is 5.32 Å². The summed E-state index contributed by atoms with van der Waals surface area (Å²) in [5.74, 6) is -1.44. The van der Waals surface area contributed by atoms with Crippen molar-refractivity contribution in [3.63, 3.8) is 0 Å². The van der Waals surface area contributed by atoms with Crippen LogP contribution in [0.1, 0.15) is 19.4 Å². The number of azide groups is 1. The molecule has 0 radical (unpaired) electrons. The molecule has 0 saturated carbocycles. The maximum atomic E-state index is 11.8. The zero-order valence-electron chi connectivity index (χ0n) is 18.2. The van der Waals surface area contributed by atoms with E-state index in [0.717, 1.165) is 19.4 Å². The summed E-state index contributed by atoms with van der Waals surface area (Å²) in [5.41, 5.74) is 9.78. The van der Waals surface area contributed by atoms with Gasteiger partial charge in [-0.15, -0.1) is 0 Å². The normalized spacial score (nSPS) is 24.2. The first kappa shape index (κ1) is 25.9. The van der Waals surface area contributed by atoms with E-state index in [2.05, 4.69) is 15.3 Å². The van der Waals surface area contributed by atoms with Crippen molar-refractivity contribution in [2.75, 3.05) is 19.8 Å². The SMILES string of the molecule is CC(=O)O[C@@H]1[C@H](N=[N+]=[N-])[C@@H](OCCNC(=O)OCc2ccccc2)O[C@H](CO)[C@H]1OC(C)=O. The second-order valence-electron chi connectivity index (χ2n) is 6.93. The molecule has 180 valence electrons. The van der Waals surface area contributed by atoms with Crippen LogP contribution in [0.2, 0.25) is 0 Å². The van der Waals surface area contributed by atoms with Crippen molar-refractivity contribution in [3.8, 4) is 0 Å². The molecule has 1 aliphatic heterocycles. The van der Waals surface area contributed by atoms with Crippen LogP contribution in [0.5, 0.6) is 0 Å². The molecule has 13 nitrogen and oxygen atoms in total. The van der Waals surface area contributed by atoms with Gasteiger partial charge >= 0.3 is 18.0 Å². The van der Waals surface area contributed by atoms with Gasteiger partial charge in [-0.3, -0.25) is 9.59 Å². The molecule has 13 heteroatoms. The Hall–Kier alpha value is -3.38. The third-order valence-corrected chi connectivity index (χ3v) is 4.45. The summed E-state index contributed by atoms with van der Waals surface area (Å²) in [6.45, 7) is 1.69. The lowest BCUT2D eigenvalue weighted by molar-refractivity contribution is -0.272. The number of carbonyl (C=O) groups is 3. The highest BCUT2D eigenvalue weighted by atomic mass is 16.7. The third-order valence-electron chi connectivity index (χ3n) is 4.45. The number of benzene rings is 1. The van der Waals surface area contributed by atoms with Crippen molar-refractivity contribution in [1.29, 1.82) is 0 Å². The van der Waals surface area contributed by atoms with Crippen LogP contribution in [0.4, 0.5) is 4.79 Å². The fourth-order valence-corrected chi connectivity index (χ4v) is 3.12. The minimum atomic E-state index is -1.26. The van der Waals surface area contributed by atoms with Gasteiger partial charge < -0.3 is 34.1 Å². The summed E-state index contributed by atoms with van der Waals surface area (Å²) < 4.78 is 26.6. The molecule has 0 spiro atoms. The molecule has 0 aliphatic carbocycles. The van der Waals surface area contributed by atoms with Gasteiger partial charge in [0.15, 0.2) is 18.5 Å². The van der Waals surface area contributed by atoms with Gasteiger partial charge in [-0.1, -0.05) is 35.4 Å². The van der Waals surface area contributed by atoms with Crippen molar-refractivity contribution in [2.24, 2.45) is 5.11 Å². The number of nitrogens with one attached hydrogen (secondary N) is 1. The molecule has 0 aromatic heterocycles. The molecular weight excluding hydrogens is 440 g/mol. The highest BCUT2D eigenvalue weighted by Gasteiger charge is 2.50. The molecule has 0 bridgehead atoms. The predicted octanol–water partition coefficient (Wildman–Crippen LogP) is 1.19. The lowest BCUT2D eigenvalue weighted by atomic mass is 9.97. The molecule has 1 aliphatic rings. The smallest absolute Gasteiger partial charge is 0.407 e. The Labute approximate surface area is 189 Å². The predicted molar refractivity (Wildman–Crippen MR) is 110 cm³/mol. The third kappa shape index (κ3) is 8.24. The minimum Gasteiger partial charge on any atom is -0.458 e. The number of rotatable bonds is 10. The number of alkyl carbamates (subject to hydrolysis) is 1. The van der Waals surface area contributed by atoms with Crippen LogP contribution in [0.15, 0.2) is 35.4 Å². The highest BCUT2D eigenvalue weighted by molar-refractivity contribution is 5.68. The number of esters is 2. The van der Waals surface area contributed by atoms with E-state index in [4.69, 9.17) is 29.2 Å². The quantitative estimate of drug-likeness (QED) is 0.128. The minimum absolute atomic E-state index is 0.0197. The molecule has 1 heterocycles. The van der Waals surface area contributed by atoms with Gasteiger partial charge in [0, 0.05) is 25.3 Å². The molecule has 2 rings (SSSR count). The molecule has 1 amide bonds. The number of nitrogens with zero attached hydrogens (tertiary/aromatic N) is 3. The van der Waals surface area contributed by atoms with Crippen molar-refractivity contribution < 1.29 is 43.2 Å². The molecule has 1 saturated heterocycles. The Balaban J connectivity index is 1.96. The van der Waals surface area contributed by atoms with Gasteiger partial charge in [-0.05, 0) is 11.1 Å². The Kier molecular flexibility index (Phi) is 10.4. The molecular formula is C20H26N4O9. The van der Waals surface area contributed by atoms with Gasteiger partial charge in [0.1, 0.15) is 18.8 Å². The van der Waals surface area contributed by atoms with E-state index in [9.17, 15) is 19.5 Å². The van der Waals surface area contributed by atoms with Crippen LogP contribution >= 0.6 is 0 Å². The van der Waals surface area contributed by atoms with Gasteiger partial charge in [-0.25, -0.2) is 4.79 Å². The molecule has 1 aromatic rings. The summed E-state index contributed by atoms with van der Waals surface area (Å²) >= 11 is 0. The van der Waals surface area contributed by atoms with Crippen molar-refractivity contribution in [2.45, 2.75) is 51.1 Å². The summed E-state index contributed by atoms with van der Waals surface area (Å²) in [6.07, 6.45) is -5.52. The number of hydrogen-bond donors (Lipinski definition) is 2. The molecule has 1 fully saturated rings. The summed E-state index contributed by atoms with van der Waals surface area (Å²) in [7, 11) is 0. The van der Waals surface area contributed by atoms with E-state index in [-0.39, 0.29) is 19.8 Å². The second-order valence-corrected chi connectivity index (χ2v) is 6.93. The number of carbonyl (C=O) groups excluding carboxylic acids is 3. The summed E-state index contributed by atoms with van der Waals surface area (Å²) in [4.78, 5) is 37.6. The molecule has 0 unspecified atom stereocenters. The first-order valence-electron chi connectivity index (χ1n) is 10.1. The van der Waals surface area contributed by atoms with Crippen LogP contribution < -0.4 is 5.32 Å². The first-order chi connectivity index (χ1) is 15.8. The van der Waals surface area contributed by atoms with Crippen LogP contribution in [-0.2, 0) is 39.9 Å². The molecule has 33 heavy (non-hydrogen) atoms. The van der Waals surface area contributed by atoms with Crippen LogP contribution in [0, 0.1) is 0 Å². The van der Waals surface area contributed by atoms with Gasteiger partial charge in [0.05, 0.1) is 13.2 Å². The van der Waals surface area contributed by atoms with E-state index in [1.54, 1.807) is 0 Å². The lowest BCUT2D eigenvalue weighted by Crippen LogP contribution is -2.61. The molecule has 1 aromatic carbocycles. The van der Waals surface area contributed by atoms with Gasteiger partial charge in [0.2, 0.25) is 0 Å². The maximum absolute atomic E-state index is 11.8. The molecule has 2 N–H and O–H groups in total. The van der Waals surface area contributed by atoms with Crippen LogP contribution in [0.25, 0.3) is 10.4 Å². The average Bonchev–Trinajstić information content (AvgIpc) is 2.78. The van der Waals surface area contributed by atoms with Gasteiger partial charge in [0.25, 0.3) is 0 Å². The summed E-state index contributed by atoms with van der Waals surface area (Å²) in [6, 6.07) is 7.89. The number of aliphatic hydroxyl groups is 1. The van der Waals surface area contributed by atoms with Crippen molar-refractivity contribution >= 4 is 18.0 Å². The molecule has 5 atom stereocenters. The fourth-order valence-electron chi connectivity index (χ4n) is 3.12. The standard InChI is InChI=1S/C20H26N4O9/c1-12(26)31-17-15(10-25)33-19(16(23-24-21)18(17)32-13(2)27)29-9-8-22-20(28)30-11-14-6-4-3-5-7-14/h3-7,15-19,25H,8-11H2,1-2H3,(H,22,28)/t15-,16+,17-,18-,19+/m1/s1. The fraction of sp³-hybridized carbons (Fsp3) is 0.550. The number of amides is 1. The monoisotopic (exact) mass is 466 g/mol. The second kappa shape index (κ2) is 13.2.